The Morgan fingerprint density at radius 2 is 2.06 bits per heavy atom. The van der Waals surface area contributed by atoms with E-state index >= 15 is 0 Å². The Bertz CT molecular complexity index is 474. The van der Waals surface area contributed by atoms with Crippen LogP contribution in [-0.2, 0) is 0 Å². The van der Waals surface area contributed by atoms with Crippen LogP contribution in [0.2, 0.25) is 0 Å². The van der Waals surface area contributed by atoms with Crippen LogP contribution in [0, 0.1) is 22.6 Å². The van der Waals surface area contributed by atoms with Crippen molar-refractivity contribution >= 4 is 5.69 Å². The van der Waals surface area contributed by atoms with Gasteiger partial charge >= 0.3 is 0 Å². The Balaban J connectivity index is 2.17. The minimum absolute atomic E-state index is 0.119. The van der Waals surface area contributed by atoms with E-state index in [-0.39, 0.29) is 5.56 Å². The van der Waals surface area contributed by atoms with E-state index in [4.69, 9.17) is 5.26 Å². The highest BCUT2D eigenvalue weighted by Gasteiger charge is 2.23. The molecule has 0 amide bonds. The summed E-state index contributed by atoms with van der Waals surface area (Å²) in [4.78, 5) is 2.22. The maximum Gasteiger partial charge on any atom is 0.143 e. The first-order valence-electron chi connectivity index (χ1n) is 6.46. The molecule has 1 fully saturated rings. The van der Waals surface area contributed by atoms with Crippen LogP contribution in [0.15, 0.2) is 18.2 Å². The summed E-state index contributed by atoms with van der Waals surface area (Å²) in [6.45, 7) is 6.50. The van der Waals surface area contributed by atoms with Gasteiger partial charge in [-0.25, -0.2) is 4.39 Å². The molecule has 0 atom stereocenters. The Morgan fingerprint density at radius 3 is 2.72 bits per heavy atom. The van der Waals surface area contributed by atoms with Gasteiger partial charge in [0, 0.05) is 18.8 Å². The molecule has 1 aliphatic heterocycles. The number of benzene rings is 1. The SMILES string of the molecule is CC1(C)CCCN(c2ccc(C#N)c(F)c2)CC1. The van der Waals surface area contributed by atoms with Gasteiger partial charge < -0.3 is 4.90 Å². The van der Waals surface area contributed by atoms with Gasteiger partial charge in [0.15, 0.2) is 0 Å². The molecule has 0 saturated carbocycles. The van der Waals surface area contributed by atoms with Crippen LogP contribution in [-0.4, -0.2) is 13.1 Å². The summed E-state index contributed by atoms with van der Waals surface area (Å²) in [6.07, 6.45) is 3.46. The minimum Gasteiger partial charge on any atom is -0.371 e. The molecule has 0 radical (unpaired) electrons. The zero-order chi connectivity index (χ0) is 13.2. The summed E-state index contributed by atoms with van der Waals surface area (Å²) >= 11 is 0. The number of halogens is 1. The average Bonchev–Trinajstić information content (AvgIpc) is 2.50. The summed E-state index contributed by atoms with van der Waals surface area (Å²) in [5.74, 6) is -0.418. The predicted molar refractivity (Wildman–Crippen MR) is 71.0 cm³/mol. The van der Waals surface area contributed by atoms with Crippen LogP contribution in [0.5, 0.6) is 0 Å². The Hall–Kier alpha value is -1.56. The van der Waals surface area contributed by atoms with E-state index in [1.807, 2.05) is 12.1 Å². The lowest BCUT2D eigenvalue weighted by Gasteiger charge is -2.25. The summed E-state index contributed by atoms with van der Waals surface area (Å²) in [6, 6.07) is 6.76. The van der Waals surface area contributed by atoms with Crippen molar-refractivity contribution in [3.63, 3.8) is 0 Å². The Labute approximate surface area is 108 Å². The number of nitrogens with zero attached hydrogens (tertiary/aromatic N) is 2. The van der Waals surface area contributed by atoms with Crippen LogP contribution in [0.4, 0.5) is 10.1 Å². The number of anilines is 1. The number of hydrogen-bond donors (Lipinski definition) is 0. The molecule has 2 rings (SSSR count). The van der Waals surface area contributed by atoms with Gasteiger partial charge in [-0.3, -0.25) is 0 Å². The molecule has 1 heterocycles. The Kier molecular flexibility index (Phi) is 3.56. The highest BCUT2D eigenvalue weighted by atomic mass is 19.1. The van der Waals surface area contributed by atoms with Gasteiger partial charge in [0.25, 0.3) is 0 Å². The van der Waals surface area contributed by atoms with Gasteiger partial charge in [0.2, 0.25) is 0 Å². The van der Waals surface area contributed by atoms with E-state index in [1.54, 1.807) is 6.07 Å². The van der Waals surface area contributed by atoms with Gasteiger partial charge in [-0.2, -0.15) is 5.26 Å². The molecule has 0 unspecified atom stereocenters. The maximum atomic E-state index is 13.6. The van der Waals surface area contributed by atoms with Crippen LogP contribution in [0.25, 0.3) is 0 Å². The lowest BCUT2D eigenvalue weighted by atomic mass is 9.85. The summed E-state index contributed by atoms with van der Waals surface area (Å²) in [5.41, 5.74) is 1.39. The van der Waals surface area contributed by atoms with Gasteiger partial charge in [-0.05, 0) is 42.9 Å². The molecule has 3 heteroatoms. The molecule has 0 bridgehead atoms. The molecule has 0 N–H and O–H groups in total. The molecular weight excluding hydrogens is 227 g/mol. The van der Waals surface area contributed by atoms with Crippen molar-refractivity contribution in [2.45, 2.75) is 33.1 Å². The van der Waals surface area contributed by atoms with E-state index in [2.05, 4.69) is 18.7 Å². The van der Waals surface area contributed by atoms with Crippen LogP contribution < -0.4 is 4.90 Å². The highest BCUT2D eigenvalue weighted by Crippen LogP contribution is 2.31. The Morgan fingerprint density at radius 1 is 1.28 bits per heavy atom. The quantitative estimate of drug-likeness (QED) is 0.755. The third kappa shape index (κ3) is 2.81. The molecule has 18 heavy (non-hydrogen) atoms. The van der Waals surface area contributed by atoms with E-state index in [0.29, 0.717) is 5.41 Å². The fourth-order valence-corrected chi connectivity index (χ4v) is 2.47. The van der Waals surface area contributed by atoms with Crippen molar-refractivity contribution in [1.29, 1.82) is 5.26 Å². The average molecular weight is 246 g/mol. The predicted octanol–water partition coefficient (Wildman–Crippen LogP) is 3.71. The molecule has 2 nitrogen and oxygen atoms in total. The maximum absolute atomic E-state index is 13.6. The number of hydrogen-bond acceptors (Lipinski definition) is 2. The van der Waals surface area contributed by atoms with Crippen LogP contribution in [0.1, 0.15) is 38.7 Å². The fraction of sp³-hybridized carbons (Fsp3) is 0.533. The largest absolute Gasteiger partial charge is 0.371 e. The number of rotatable bonds is 1. The van der Waals surface area contributed by atoms with E-state index in [1.165, 1.54) is 12.5 Å². The first-order chi connectivity index (χ1) is 8.52. The van der Waals surface area contributed by atoms with Gasteiger partial charge in [0.1, 0.15) is 11.9 Å². The molecule has 0 spiro atoms. The molecular formula is C15H19FN2. The normalized spacial score (nSPS) is 19.1. The van der Waals surface area contributed by atoms with Crippen LogP contribution >= 0.6 is 0 Å². The lowest BCUT2D eigenvalue weighted by molar-refractivity contribution is 0.325. The van der Waals surface area contributed by atoms with Crippen molar-refractivity contribution < 1.29 is 4.39 Å². The highest BCUT2D eigenvalue weighted by molar-refractivity contribution is 5.50. The van der Waals surface area contributed by atoms with Crippen molar-refractivity contribution in [1.82, 2.24) is 0 Å². The monoisotopic (exact) mass is 246 g/mol. The fourth-order valence-electron chi connectivity index (χ4n) is 2.47. The van der Waals surface area contributed by atoms with Crippen molar-refractivity contribution in [2.75, 3.05) is 18.0 Å². The molecule has 96 valence electrons. The summed E-state index contributed by atoms with van der Waals surface area (Å²) in [5, 5.41) is 8.73. The second-order valence-electron chi connectivity index (χ2n) is 5.78. The molecule has 1 saturated heterocycles. The smallest absolute Gasteiger partial charge is 0.143 e. The molecule has 1 aromatic rings. The van der Waals surface area contributed by atoms with Gasteiger partial charge in [0.05, 0.1) is 5.56 Å². The molecule has 0 aromatic heterocycles. The zero-order valence-corrected chi connectivity index (χ0v) is 11.0. The molecule has 1 aromatic carbocycles. The molecule has 1 aliphatic rings. The van der Waals surface area contributed by atoms with Crippen molar-refractivity contribution in [2.24, 2.45) is 5.41 Å². The summed E-state index contributed by atoms with van der Waals surface area (Å²) in [7, 11) is 0. The van der Waals surface area contributed by atoms with Gasteiger partial charge in [-0.1, -0.05) is 13.8 Å². The van der Waals surface area contributed by atoms with E-state index < -0.39 is 5.82 Å². The third-order valence-electron chi connectivity index (χ3n) is 3.78. The second kappa shape index (κ2) is 4.97. The first kappa shape index (κ1) is 12.9. The standard InChI is InChI=1S/C15H19FN2/c1-15(2)6-3-8-18(9-7-15)13-5-4-12(11-17)14(16)10-13/h4-5,10H,3,6-9H2,1-2H3. The zero-order valence-electron chi connectivity index (χ0n) is 11.0. The van der Waals surface area contributed by atoms with E-state index in [0.717, 1.165) is 31.6 Å². The van der Waals surface area contributed by atoms with Crippen molar-refractivity contribution in [3.05, 3.63) is 29.6 Å². The lowest BCUT2D eigenvalue weighted by Crippen LogP contribution is -2.25. The summed E-state index contributed by atoms with van der Waals surface area (Å²) < 4.78 is 13.6. The van der Waals surface area contributed by atoms with Crippen molar-refractivity contribution in [3.8, 4) is 6.07 Å². The van der Waals surface area contributed by atoms with E-state index in [9.17, 15) is 4.39 Å². The first-order valence-corrected chi connectivity index (χ1v) is 6.46. The number of nitriles is 1. The molecule has 0 aliphatic carbocycles. The van der Waals surface area contributed by atoms with Crippen LogP contribution in [0.3, 0.4) is 0 Å². The van der Waals surface area contributed by atoms with Gasteiger partial charge in [-0.15, -0.1) is 0 Å². The third-order valence-corrected chi connectivity index (χ3v) is 3.78. The topological polar surface area (TPSA) is 27.0 Å². The minimum atomic E-state index is -0.418. The second-order valence-corrected chi connectivity index (χ2v) is 5.78.